The van der Waals surface area contributed by atoms with Crippen LogP contribution in [0, 0.1) is 5.92 Å². The molecular formula is C14H22N2O. The highest BCUT2D eigenvalue weighted by Gasteiger charge is 2.36. The van der Waals surface area contributed by atoms with E-state index in [0.29, 0.717) is 18.0 Å². The van der Waals surface area contributed by atoms with Gasteiger partial charge >= 0.3 is 0 Å². The van der Waals surface area contributed by atoms with Crippen molar-refractivity contribution in [2.45, 2.75) is 24.9 Å². The largest absolute Gasteiger partial charge is 0.496 e. The molecule has 1 aliphatic rings. The smallest absolute Gasteiger partial charge is 0.123 e. The van der Waals surface area contributed by atoms with E-state index in [4.69, 9.17) is 10.5 Å². The molecule has 1 fully saturated rings. The van der Waals surface area contributed by atoms with E-state index in [-0.39, 0.29) is 0 Å². The van der Waals surface area contributed by atoms with Crippen LogP contribution in [0.3, 0.4) is 0 Å². The molecule has 1 atom stereocenters. The predicted octanol–water partition coefficient (Wildman–Crippen LogP) is 2.04. The summed E-state index contributed by atoms with van der Waals surface area (Å²) in [6, 6.07) is 9.08. The van der Waals surface area contributed by atoms with Gasteiger partial charge in [0.1, 0.15) is 5.75 Å². The summed E-state index contributed by atoms with van der Waals surface area (Å²) >= 11 is 0. The maximum Gasteiger partial charge on any atom is 0.123 e. The lowest BCUT2D eigenvalue weighted by molar-refractivity contribution is 0.121. The van der Waals surface area contributed by atoms with Gasteiger partial charge in [0.15, 0.2) is 0 Å². The molecule has 1 unspecified atom stereocenters. The van der Waals surface area contributed by atoms with Crippen molar-refractivity contribution in [2.75, 3.05) is 21.2 Å². The van der Waals surface area contributed by atoms with Crippen LogP contribution in [0.4, 0.5) is 0 Å². The molecule has 17 heavy (non-hydrogen) atoms. The van der Waals surface area contributed by atoms with Crippen molar-refractivity contribution in [3.8, 4) is 5.75 Å². The second-order valence-corrected chi connectivity index (χ2v) is 5.14. The fourth-order valence-electron chi connectivity index (χ4n) is 2.83. The third-order valence-electron chi connectivity index (χ3n) is 3.67. The van der Waals surface area contributed by atoms with Crippen LogP contribution in [0.5, 0.6) is 5.75 Å². The van der Waals surface area contributed by atoms with E-state index in [1.54, 1.807) is 7.11 Å². The summed E-state index contributed by atoms with van der Waals surface area (Å²) in [5, 5.41) is 0. The molecule has 0 spiro atoms. The van der Waals surface area contributed by atoms with Crippen LogP contribution >= 0.6 is 0 Å². The maximum atomic E-state index is 5.91. The standard InChI is InChI=1S/C14H22N2O/c1-16(2)14(10-8-11(15)9-10)12-6-4-5-7-13(12)17-3/h4-7,10-11,14H,8-9,15H2,1-3H3. The van der Waals surface area contributed by atoms with E-state index in [2.05, 4.69) is 31.1 Å². The van der Waals surface area contributed by atoms with Gasteiger partial charge < -0.3 is 15.4 Å². The van der Waals surface area contributed by atoms with Crippen molar-refractivity contribution >= 4 is 0 Å². The molecular weight excluding hydrogens is 212 g/mol. The lowest BCUT2D eigenvalue weighted by Gasteiger charge is -2.42. The number of methoxy groups -OCH3 is 1. The van der Waals surface area contributed by atoms with Crippen LogP contribution in [0.1, 0.15) is 24.4 Å². The predicted molar refractivity (Wildman–Crippen MR) is 70.1 cm³/mol. The van der Waals surface area contributed by atoms with Gasteiger partial charge in [0, 0.05) is 17.6 Å². The molecule has 0 amide bonds. The van der Waals surface area contributed by atoms with E-state index >= 15 is 0 Å². The molecule has 0 radical (unpaired) electrons. The SMILES string of the molecule is COc1ccccc1C(C1CC(N)C1)N(C)C. The highest BCUT2D eigenvalue weighted by Crippen LogP contribution is 2.42. The van der Waals surface area contributed by atoms with Crippen molar-refractivity contribution < 1.29 is 4.74 Å². The van der Waals surface area contributed by atoms with Crippen molar-refractivity contribution in [3.63, 3.8) is 0 Å². The third-order valence-corrected chi connectivity index (χ3v) is 3.67. The third kappa shape index (κ3) is 2.45. The highest BCUT2D eigenvalue weighted by molar-refractivity contribution is 5.36. The Bertz CT molecular complexity index is 372. The summed E-state index contributed by atoms with van der Waals surface area (Å²) in [6.07, 6.45) is 2.22. The van der Waals surface area contributed by atoms with Crippen molar-refractivity contribution in [3.05, 3.63) is 29.8 Å². The fraction of sp³-hybridized carbons (Fsp3) is 0.571. The van der Waals surface area contributed by atoms with Gasteiger partial charge in [0.2, 0.25) is 0 Å². The highest BCUT2D eigenvalue weighted by atomic mass is 16.5. The second-order valence-electron chi connectivity index (χ2n) is 5.14. The lowest BCUT2D eigenvalue weighted by atomic mass is 9.73. The van der Waals surface area contributed by atoms with Crippen LogP contribution in [-0.4, -0.2) is 32.1 Å². The Kier molecular flexibility index (Phi) is 3.69. The Hall–Kier alpha value is -1.06. The van der Waals surface area contributed by atoms with Gasteiger partial charge in [-0.15, -0.1) is 0 Å². The van der Waals surface area contributed by atoms with Crippen LogP contribution in [0.15, 0.2) is 24.3 Å². The zero-order valence-corrected chi connectivity index (χ0v) is 10.9. The first-order chi connectivity index (χ1) is 8.13. The number of rotatable bonds is 4. The first-order valence-corrected chi connectivity index (χ1v) is 6.18. The van der Waals surface area contributed by atoms with Gasteiger partial charge in [0.25, 0.3) is 0 Å². The van der Waals surface area contributed by atoms with Gasteiger partial charge in [-0.1, -0.05) is 18.2 Å². The fourth-order valence-corrected chi connectivity index (χ4v) is 2.83. The average molecular weight is 234 g/mol. The monoisotopic (exact) mass is 234 g/mol. The lowest BCUT2D eigenvalue weighted by Crippen LogP contribution is -2.43. The quantitative estimate of drug-likeness (QED) is 0.866. The topological polar surface area (TPSA) is 38.5 Å². The first-order valence-electron chi connectivity index (χ1n) is 6.18. The number of nitrogens with two attached hydrogens (primary N) is 1. The number of hydrogen-bond acceptors (Lipinski definition) is 3. The molecule has 3 nitrogen and oxygen atoms in total. The number of para-hydroxylation sites is 1. The summed E-state index contributed by atoms with van der Waals surface area (Å²) in [5.74, 6) is 1.63. The van der Waals surface area contributed by atoms with Crippen molar-refractivity contribution in [1.82, 2.24) is 4.90 Å². The van der Waals surface area contributed by atoms with Gasteiger partial charge in [-0.3, -0.25) is 0 Å². The molecule has 3 heteroatoms. The van der Waals surface area contributed by atoms with E-state index in [1.807, 2.05) is 12.1 Å². The number of hydrogen-bond donors (Lipinski definition) is 1. The Morgan fingerprint density at radius 1 is 1.29 bits per heavy atom. The Morgan fingerprint density at radius 3 is 2.47 bits per heavy atom. The molecule has 0 saturated heterocycles. The zero-order valence-electron chi connectivity index (χ0n) is 10.9. The minimum Gasteiger partial charge on any atom is -0.496 e. The molecule has 0 aliphatic heterocycles. The Morgan fingerprint density at radius 2 is 1.94 bits per heavy atom. The number of ether oxygens (including phenoxy) is 1. The first kappa shape index (κ1) is 12.4. The minimum atomic E-state index is 0.386. The summed E-state index contributed by atoms with van der Waals surface area (Å²) in [6.45, 7) is 0. The molecule has 1 aromatic rings. The minimum absolute atomic E-state index is 0.386. The molecule has 0 bridgehead atoms. The zero-order chi connectivity index (χ0) is 12.4. The molecule has 1 saturated carbocycles. The van der Waals surface area contributed by atoms with Crippen molar-refractivity contribution in [1.29, 1.82) is 0 Å². The van der Waals surface area contributed by atoms with Gasteiger partial charge in [0.05, 0.1) is 7.11 Å². The molecule has 2 N–H and O–H groups in total. The van der Waals surface area contributed by atoms with E-state index < -0.39 is 0 Å². The summed E-state index contributed by atoms with van der Waals surface area (Å²) in [7, 11) is 5.99. The van der Waals surface area contributed by atoms with E-state index in [0.717, 1.165) is 18.6 Å². The van der Waals surface area contributed by atoms with Gasteiger partial charge in [-0.05, 0) is 38.9 Å². The molecule has 1 aliphatic carbocycles. The second kappa shape index (κ2) is 5.07. The molecule has 2 rings (SSSR count). The van der Waals surface area contributed by atoms with Crippen LogP contribution in [0.25, 0.3) is 0 Å². The van der Waals surface area contributed by atoms with Crippen LogP contribution in [0.2, 0.25) is 0 Å². The summed E-state index contributed by atoms with van der Waals surface area (Å²) in [5.41, 5.74) is 7.18. The van der Waals surface area contributed by atoms with E-state index in [1.165, 1.54) is 5.56 Å². The van der Waals surface area contributed by atoms with Gasteiger partial charge in [-0.25, -0.2) is 0 Å². The maximum absolute atomic E-state index is 5.91. The number of benzene rings is 1. The molecule has 94 valence electrons. The molecule has 1 aromatic carbocycles. The summed E-state index contributed by atoms with van der Waals surface area (Å²) in [4.78, 5) is 2.27. The van der Waals surface area contributed by atoms with E-state index in [9.17, 15) is 0 Å². The molecule has 0 heterocycles. The average Bonchev–Trinajstić information content (AvgIpc) is 2.27. The van der Waals surface area contributed by atoms with Crippen LogP contribution < -0.4 is 10.5 Å². The Labute approximate surface area is 104 Å². The molecule has 0 aromatic heterocycles. The van der Waals surface area contributed by atoms with Crippen molar-refractivity contribution in [2.24, 2.45) is 11.7 Å². The van der Waals surface area contributed by atoms with Gasteiger partial charge in [-0.2, -0.15) is 0 Å². The normalized spacial score (nSPS) is 25.5. The Balaban J connectivity index is 2.26. The summed E-state index contributed by atoms with van der Waals surface area (Å²) < 4.78 is 5.46. The number of nitrogens with zero attached hydrogens (tertiary/aromatic N) is 1. The van der Waals surface area contributed by atoms with Crippen LogP contribution in [-0.2, 0) is 0 Å².